The summed E-state index contributed by atoms with van der Waals surface area (Å²) in [6, 6.07) is 8.28. The monoisotopic (exact) mass is 285 g/mol. The van der Waals surface area contributed by atoms with Crippen LogP contribution in [0.3, 0.4) is 0 Å². The van der Waals surface area contributed by atoms with Gasteiger partial charge >= 0.3 is 0 Å². The number of thiazole rings is 1. The summed E-state index contributed by atoms with van der Waals surface area (Å²) in [6.07, 6.45) is 1.82. The van der Waals surface area contributed by atoms with Gasteiger partial charge in [-0.1, -0.05) is 5.16 Å². The van der Waals surface area contributed by atoms with Crippen LogP contribution >= 0.6 is 11.3 Å². The third-order valence-electron chi connectivity index (χ3n) is 3.21. The fourth-order valence-corrected chi connectivity index (χ4v) is 2.69. The van der Waals surface area contributed by atoms with Gasteiger partial charge in [0.1, 0.15) is 10.8 Å². The number of rotatable bonds is 4. The predicted octanol–water partition coefficient (Wildman–Crippen LogP) is 4.03. The van der Waals surface area contributed by atoms with E-state index >= 15 is 0 Å². The molecule has 0 aliphatic heterocycles. The lowest BCUT2D eigenvalue weighted by Crippen LogP contribution is -2.01. The normalized spacial score (nSPS) is 10.7. The molecule has 0 aliphatic carbocycles. The van der Waals surface area contributed by atoms with Gasteiger partial charge in [0, 0.05) is 34.9 Å². The van der Waals surface area contributed by atoms with Crippen molar-refractivity contribution >= 4 is 17.0 Å². The minimum absolute atomic E-state index is 0.720. The lowest BCUT2D eigenvalue weighted by atomic mass is 10.2. The molecule has 0 saturated heterocycles. The Labute approximate surface area is 121 Å². The Kier molecular flexibility index (Phi) is 3.52. The first-order valence-corrected chi connectivity index (χ1v) is 7.27. The van der Waals surface area contributed by atoms with E-state index in [0.717, 1.165) is 39.8 Å². The number of nitrogens with zero attached hydrogens (tertiary/aromatic N) is 2. The number of nitrogens with one attached hydrogen (secondary N) is 1. The summed E-state index contributed by atoms with van der Waals surface area (Å²) in [6.45, 7) is 4.61. The molecule has 2 heterocycles. The van der Waals surface area contributed by atoms with Gasteiger partial charge in [-0.25, -0.2) is 4.98 Å². The summed E-state index contributed by atoms with van der Waals surface area (Å²) in [5.74, 6) is 0.870. The van der Waals surface area contributed by atoms with Gasteiger partial charge in [0.2, 0.25) is 0 Å². The van der Waals surface area contributed by atoms with Gasteiger partial charge < -0.3 is 9.84 Å². The maximum absolute atomic E-state index is 5.15. The smallest absolute Gasteiger partial charge is 0.138 e. The van der Waals surface area contributed by atoms with Crippen LogP contribution in [-0.4, -0.2) is 10.1 Å². The highest BCUT2D eigenvalue weighted by Gasteiger charge is 2.08. The Hall–Kier alpha value is -2.14. The fourth-order valence-electron chi connectivity index (χ4n) is 2.04. The minimum Gasteiger partial charge on any atom is -0.381 e. The number of aryl methyl sites for hydroxylation is 2. The molecule has 3 aromatic rings. The van der Waals surface area contributed by atoms with Crippen LogP contribution in [0.5, 0.6) is 0 Å². The van der Waals surface area contributed by atoms with Crippen LogP contribution in [0.2, 0.25) is 0 Å². The summed E-state index contributed by atoms with van der Waals surface area (Å²) < 4.78 is 5.15. The Balaban J connectivity index is 1.70. The third-order valence-corrected chi connectivity index (χ3v) is 4.04. The van der Waals surface area contributed by atoms with Gasteiger partial charge in [-0.3, -0.25) is 0 Å². The van der Waals surface area contributed by atoms with Crippen molar-refractivity contribution in [1.29, 1.82) is 0 Å². The SMILES string of the molecule is Cc1noc(C)c1CNc1ccc(-c2nccs2)cc1. The molecule has 0 fully saturated rings. The Morgan fingerprint density at radius 1 is 1.20 bits per heavy atom. The molecule has 2 aromatic heterocycles. The van der Waals surface area contributed by atoms with Crippen molar-refractivity contribution in [1.82, 2.24) is 10.1 Å². The first-order chi connectivity index (χ1) is 9.74. The van der Waals surface area contributed by atoms with Crippen molar-refractivity contribution in [2.45, 2.75) is 20.4 Å². The van der Waals surface area contributed by atoms with Crippen LogP contribution in [0.25, 0.3) is 10.6 Å². The molecule has 0 amide bonds. The Morgan fingerprint density at radius 2 is 2.00 bits per heavy atom. The van der Waals surface area contributed by atoms with E-state index in [2.05, 4.69) is 39.7 Å². The average molecular weight is 285 g/mol. The molecule has 0 spiro atoms. The number of aromatic nitrogens is 2. The number of anilines is 1. The lowest BCUT2D eigenvalue weighted by Gasteiger charge is -2.06. The second kappa shape index (κ2) is 5.46. The second-order valence-electron chi connectivity index (χ2n) is 4.57. The van der Waals surface area contributed by atoms with Crippen molar-refractivity contribution in [3.05, 3.63) is 52.9 Å². The van der Waals surface area contributed by atoms with E-state index in [0.29, 0.717) is 0 Å². The molecule has 0 saturated carbocycles. The molecule has 0 aliphatic rings. The standard InChI is InChI=1S/C15H15N3OS/c1-10-14(11(2)19-18-10)9-17-13-5-3-12(4-6-13)15-16-7-8-20-15/h3-8,17H,9H2,1-2H3. The fraction of sp³-hybridized carbons (Fsp3) is 0.200. The van der Waals surface area contributed by atoms with Crippen molar-refractivity contribution in [2.75, 3.05) is 5.32 Å². The molecule has 3 rings (SSSR count). The molecule has 0 atom stereocenters. The van der Waals surface area contributed by atoms with E-state index in [4.69, 9.17) is 4.52 Å². The topological polar surface area (TPSA) is 51.0 Å². The zero-order valence-electron chi connectivity index (χ0n) is 11.4. The van der Waals surface area contributed by atoms with E-state index in [-0.39, 0.29) is 0 Å². The van der Waals surface area contributed by atoms with Crippen LogP contribution in [0.4, 0.5) is 5.69 Å². The average Bonchev–Trinajstić information content (AvgIpc) is 3.09. The summed E-state index contributed by atoms with van der Waals surface area (Å²) in [5, 5.41) is 10.4. The van der Waals surface area contributed by atoms with Crippen molar-refractivity contribution in [2.24, 2.45) is 0 Å². The summed E-state index contributed by atoms with van der Waals surface area (Å²) >= 11 is 1.64. The highest BCUT2D eigenvalue weighted by Crippen LogP contribution is 2.23. The number of hydrogen-bond acceptors (Lipinski definition) is 5. The Morgan fingerprint density at radius 3 is 2.60 bits per heavy atom. The molecule has 4 nitrogen and oxygen atoms in total. The van der Waals surface area contributed by atoms with Crippen LogP contribution < -0.4 is 5.32 Å². The maximum Gasteiger partial charge on any atom is 0.138 e. The van der Waals surface area contributed by atoms with Gasteiger partial charge in [0.05, 0.1) is 5.69 Å². The van der Waals surface area contributed by atoms with E-state index in [1.165, 1.54) is 0 Å². The van der Waals surface area contributed by atoms with Gasteiger partial charge in [0.25, 0.3) is 0 Å². The summed E-state index contributed by atoms with van der Waals surface area (Å²) in [4.78, 5) is 4.30. The van der Waals surface area contributed by atoms with Crippen LogP contribution in [0.1, 0.15) is 17.0 Å². The van der Waals surface area contributed by atoms with E-state index in [1.54, 1.807) is 11.3 Å². The predicted molar refractivity (Wildman–Crippen MR) is 80.9 cm³/mol. The van der Waals surface area contributed by atoms with Gasteiger partial charge in [-0.05, 0) is 38.1 Å². The van der Waals surface area contributed by atoms with Gasteiger partial charge in [-0.15, -0.1) is 11.3 Å². The molecular formula is C15H15N3OS. The molecular weight excluding hydrogens is 270 g/mol. The highest BCUT2D eigenvalue weighted by molar-refractivity contribution is 7.13. The van der Waals surface area contributed by atoms with Crippen molar-refractivity contribution in [3.63, 3.8) is 0 Å². The van der Waals surface area contributed by atoms with Gasteiger partial charge in [-0.2, -0.15) is 0 Å². The molecule has 0 bridgehead atoms. The zero-order chi connectivity index (χ0) is 13.9. The Bertz CT molecular complexity index is 667. The zero-order valence-corrected chi connectivity index (χ0v) is 12.2. The highest BCUT2D eigenvalue weighted by atomic mass is 32.1. The van der Waals surface area contributed by atoms with Crippen LogP contribution in [-0.2, 0) is 6.54 Å². The maximum atomic E-state index is 5.15. The first-order valence-electron chi connectivity index (χ1n) is 6.39. The van der Waals surface area contributed by atoms with Crippen molar-refractivity contribution in [3.8, 4) is 10.6 Å². The lowest BCUT2D eigenvalue weighted by molar-refractivity contribution is 0.392. The summed E-state index contributed by atoms with van der Waals surface area (Å²) in [5.41, 5.74) is 4.27. The molecule has 20 heavy (non-hydrogen) atoms. The molecule has 102 valence electrons. The van der Waals surface area contributed by atoms with Crippen molar-refractivity contribution < 1.29 is 4.52 Å². The minimum atomic E-state index is 0.720. The third kappa shape index (κ3) is 2.58. The largest absolute Gasteiger partial charge is 0.381 e. The summed E-state index contributed by atoms with van der Waals surface area (Å²) in [7, 11) is 0. The molecule has 0 unspecified atom stereocenters. The van der Waals surface area contributed by atoms with E-state index in [9.17, 15) is 0 Å². The second-order valence-corrected chi connectivity index (χ2v) is 5.47. The van der Waals surface area contributed by atoms with E-state index in [1.807, 2.05) is 25.4 Å². The van der Waals surface area contributed by atoms with Crippen LogP contribution in [0.15, 0.2) is 40.4 Å². The van der Waals surface area contributed by atoms with Gasteiger partial charge in [0.15, 0.2) is 0 Å². The quantitative estimate of drug-likeness (QED) is 0.786. The van der Waals surface area contributed by atoms with E-state index < -0.39 is 0 Å². The number of hydrogen-bond donors (Lipinski definition) is 1. The molecule has 1 aromatic carbocycles. The molecule has 5 heteroatoms. The first kappa shape index (κ1) is 12.9. The molecule has 0 radical (unpaired) electrons. The number of benzene rings is 1. The van der Waals surface area contributed by atoms with Crippen LogP contribution in [0, 0.1) is 13.8 Å². The molecule has 1 N–H and O–H groups in total.